The number of carbonyl (C=O) groups excluding carboxylic acids is 1. The van der Waals surface area contributed by atoms with Gasteiger partial charge >= 0.3 is 0 Å². The Hall–Kier alpha value is -1.71. The van der Waals surface area contributed by atoms with E-state index >= 15 is 0 Å². The minimum atomic E-state index is 0.106. The zero-order valence-corrected chi connectivity index (χ0v) is 13.4. The molecule has 2 heterocycles. The maximum absolute atomic E-state index is 12.1. The highest BCUT2D eigenvalue weighted by Crippen LogP contribution is 2.51. The van der Waals surface area contributed by atoms with Crippen molar-refractivity contribution in [3.05, 3.63) is 23.3 Å². The maximum Gasteiger partial charge on any atom is 0.219 e. The molecule has 0 radical (unpaired) electrons. The molecule has 1 amide bonds. The molecule has 22 heavy (non-hydrogen) atoms. The number of nitrogens with zero attached hydrogens (tertiary/aromatic N) is 1. The molecular formula is C18H23NO3. The van der Waals surface area contributed by atoms with E-state index in [1.165, 1.54) is 24.0 Å². The van der Waals surface area contributed by atoms with Gasteiger partial charge in [0.25, 0.3) is 0 Å². The summed E-state index contributed by atoms with van der Waals surface area (Å²) in [5.74, 6) is 1.87. The third-order valence-electron chi connectivity index (χ3n) is 5.64. The van der Waals surface area contributed by atoms with Crippen LogP contribution in [0.2, 0.25) is 0 Å². The van der Waals surface area contributed by atoms with E-state index in [2.05, 4.69) is 19.1 Å². The second-order valence-corrected chi connectivity index (χ2v) is 6.89. The SMILES string of the molecule is CC(=O)N1CC2(CCCC2)c2cc3c(cc2[C@H]1C)OCCO3. The van der Waals surface area contributed by atoms with Crippen LogP contribution in [0.4, 0.5) is 0 Å². The van der Waals surface area contributed by atoms with Crippen LogP contribution in [0.5, 0.6) is 11.5 Å². The fourth-order valence-corrected chi connectivity index (χ4v) is 4.49. The number of hydrogen-bond donors (Lipinski definition) is 0. The van der Waals surface area contributed by atoms with Crippen molar-refractivity contribution in [2.24, 2.45) is 0 Å². The Morgan fingerprint density at radius 2 is 1.82 bits per heavy atom. The molecule has 0 saturated heterocycles. The lowest BCUT2D eigenvalue weighted by molar-refractivity contribution is -0.132. The summed E-state index contributed by atoms with van der Waals surface area (Å²) in [6.07, 6.45) is 4.81. The quantitative estimate of drug-likeness (QED) is 0.738. The van der Waals surface area contributed by atoms with Gasteiger partial charge in [0, 0.05) is 18.9 Å². The summed E-state index contributed by atoms with van der Waals surface area (Å²) in [7, 11) is 0. The van der Waals surface area contributed by atoms with Crippen LogP contribution in [-0.4, -0.2) is 30.6 Å². The summed E-state index contributed by atoms with van der Waals surface area (Å²) in [6, 6.07) is 4.42. The molecule has 0 unspecified atom stereocenters. The molecule has 118 valence electrons. The van der Waals surface area contributed by atoms with Crippen molar-refractivity contribution in [2.75, 3.05) is 19.8 Å². The Balaban J connectivity index is 1.88. The average molecular weight is 301 g/mol. The predicted octanol–water partition coefficient (Wildman–Crippen LogP) is 3.19. The lowest BCUT2D eigenvalue weighted by Gasteiger charge is -2.46. The Labute approximate surface area is 131 Å². The molecule has 0 N–H and O–H groups in total. The Bertz CT molecular complexity index is 619. The van der Waals surface area contributed by atoms with Gasteiger partial charge in [-0.25, -0.2) is 0 Å². The van der Waals surface area contributed by atoms with Crippen LogP contribution in [-0.2, 0) is 10.2 Å². The van der Waals surface area contributed by atoms with Gasteiger partial charge in [-0.3, -0.25) is 4.79 Å². The van der Waals surface area contributed by atoms with Crippen molar-refractivity contribution in [3.8, 4) is 11.5 Å². The second-order valence-electron chi connectivity index (χ2n) is 6.89. The van der Waals surface area contributed by atoms with E-state index in [-0.39, 0.29) is 17.4 Å². The fourth-order valence-electron chi connectivity index (χ4n) is 4.49. The normalized spacial score (nSPS) is 25.2. The number of carbonyl (C=O) groups is 1. The molecule has 3 aliphatic rings. The fraction of sp³-hybridized carbons (Fsp3) is 0.611. The average Bonchev–Trinajstić information content (AvgIpc) is 2.99. The molecule has 1 aromatic rings. The van der Waals surface area contributed by atoms with Gasteiger partial charge < -0.3 is 14.4 Å². The Kier molecular flexibility index (Phi) is 3.10. The summed E-state index contributed by atoms with van der Waals surface area (Å²) in [4.78, 5) is 14.1. The first-order chi connectivity index (χ1) is 10.6. The molecule has 0 bridgehead atoms. The van der Waals surface area contributed by atoms with Crippen molar-refractivity contribution in [2.45, 2.75) is 51.0 Å². The highest BCUT2D eigenvalue weighted by atomic mass is 16.6. The molecule has 1 aliphatic carbocycles. The molecule has 1 atom stereocenters. The standard InChI is InChI=1S/C18H23NO3/c1-12-14-9-16-17(22-8-7-21-16)10-15(14)18(5-3-4-6-18)11-19(12)13(2)20/h9-10,12H,3-8,11H2,1-2H3/t12-/m1/s1. The molecule has 1 aromatic carbocycles. The molecule has 4 nitrogen and oxygen atoms in total. The van der Waals surface area contributed by atoms with Gasteiger partial charge in [-0.1, -0.05) is 12.8 Å². The van der Waals surface area contributed by atoms with Crippen LogP contribution in [0.3, 0.4) is 0 Å². The van der Waals surface area contributed by atoms with Crippen molar-refractivity contribution < 1.29 is 14.3 Å². The molecule has 4 rings (SSSR count). The number of fused-ring (bicyclic) bond motifs is 3. The van der Waals surface area contributed by atoms with Crippen molar-refractivity contribution in [1.29, 1.82) is 0 Å². The smallest absolute Gasteiger partial charge is 0.219 e. The number of rotatable bonds is 0. The van der Waals surface area contributed by atoms with E-state index in [9.17, 15) is 4.79 Å². The van der Waals surface area contributed by atoms with E-state index in [0.29, 0.717) is 13.2 Å². The lowest BCUT2D eigenvalue weighted by atomic mass is 9.71. The van der Waals surface area contributed by atoms with E-state index in [0.717, 1.165) is 30.9 Å². The summed E-state index contributed by atoms with van der Waals surface area (Å²) < 4.78 is 11.6. The first-order valence-corrected chi connectivity index (χ1v) is 8.32. The molecule has 1 fully saturated rings. The topological polar surface area (TPSA) is 38.8 Å². The van der Waals surface area contributed by atoms with Gasteiger partial charge in [0.15, 0.2) is 11.5 Å². The van der Waals surface area contributed by atoms with Crippen LogP contribution in [0.25, 0.3) is 0 Å². The highest BCUT2D eigenvalue weighted by molar-refractivity contribution is 5.75. The molecule has 1 saturated carbocycles. The Morgan fingerprint density at radius 1 is 1.18 bits per heavy atom. The highest BCUT2D eigenvalue weighted by Gasteiger charge is 2.45. The summed E-state index contributed by atoms with van der Waals surface area (Å²) >= 11 is 0. The van der Waals surface area contributed by atoms with E-state index < -0.39 is 0 Å². The number of ether oxygens (including phenoxy) is 2. The van der Waals surface area contributed by atoms with Gasteiger partial charge in [-0.2, -0.15) is 0 Å². The van der Waals surface area contributed by atoms with Gasteiger partial charge in [-0.15, -0.1) is 0 Å². The summed E-state index contributed by atoms with van der Waals surface area (Å²) in [5.41, 5.74) is 2.75. The first-order valence-electron chi connectivity index (χ1n) is 8.32. The number of benzene rings is 1. The van der Waals surface area contributed by atoms with Crippen LogP contribution in [0.1, 0.15) is 56.7 Å². The van der Waals surface area contributed by atoms with E-state index in [1.54, 1.807) is 6.92 Å². The largest absolute Gasteiger partial charge is 0.486 e. The molecule has 2 aliphatic heterocycles. The van der Waals surface area contributed by atoms with Crippen molar-refractivity contribution in [1.82, 2.24) is 4.90 Å². The summed E-state index contributed by atoms with van der Waals surface area (Å²) in [6.45, 7) is 5.87. The molecule has 0 aromatic heterocycles. The van der Waals surface area contributed by atoms with E-state index in [4.69, 9.17) is 9.47 Å². The number of amides is 1. The third kappa shape index (κ3) is 1.93. The molecule has 4 heteroatoms. The van der Waals surface area contributed by atoms with Gasteiger partial charge in [0.2, 0.25) is 5.91 Å². The van der Waals surface area contributed by atoms with Crippen LogP contribution in [0, 0.1) is 0 Å². The molecular weight excluding hydrogens is 278 g/mol. The van der Waals surface area contributed by atoms with Crippen molar-refractivity contribution >= 4 is 5.91 Å². The van der Waals surface area contributed by atoms with Crippen LogP contribution < -0.4 is 9.47 Å². The van der Waals surface area contributed by atoms with E-state index in [1.807, 2.05) is 4.90 Å². The van der Waals surface area contributed by atoms with Crippen LogP contribution >= 0.6 is 0 Å². The lowest BCUT2D eigenvalue weighted by Crippen LogP contribution is -2.48. The third-order valence-corrected chi connectivity index (χ3v) is 5.64. The zero-order chi connectivity index (χ0) is 15.3. The van der Waals surface area contributed by atoms with Gasteiger partial charge in [-0.05, 0) is 43.0 Å². The minimum absolute atomic E-state index is 0.106. The molecule has 1 spiro atoms. The van der Waals surface area contributed by atoms with Crippen LogP contribution in [0.15, 0.2) is 12.1 Å². The maximum atomic E-state index is 12.1. The second kappa shape index (κ2) is 4.90. The zero-order valence-electron chi connectivity index (χ0n) is 13.4. The van der Waals surface area contributed by atoms with Gasteiger partial charge in [0.05, 0.1) is 6.04 Å². The number of hydrogen-bond acceptors (Lipinski definition) is 3. The van der Waals surface area contributed by atoms with Crippen molar-refractivity contribution in [3.63, 3.8) is 0 Å². The Morgan fingerprint density at radius 3 is 2.45 bits per heavy atom. The first kappa shape index (κ1) is 13.9. The predicted molar refractivity (Wildman–Crippen MR) is 83.4 cm³/mol. The minimum Gasteiger partial charge on any atom is -0.486 e. The monoisotopic (exact) mass is 301 g/mol. The summed E-state index contributed by atoms with van der Waals surface area (Å²) in [5, 5.41) is 0. The van der Waals surface area contributed by atoms with Gasteiger partial charge in [0.1, 0.15) is 13.2 Å².